The second-order valence-corrected chi connectivity index (χ2v) is 8.47. The van der Waals surface area contributed by atoms with Crippen molar-refractivity contribution < 1.29 is 27.4 Å². The Morgan fingerprint density at radius 3 is 2.69 bits per heavy atom. The number of benzene rings is 1. The Morgan fingerprint density at radius 1 is 1.25 bits per heavy atom. The number of H-pyrrole nitrogens is 1. The quantitative estimate of drug-likeness (QED) is 0.652. The van der Waals surface area contributed by atoms with Crippen LogP contribution >= 0.6 is 0 Å². The maximum absolute atomic E-state index is 14.0. The molecular weight excluding hydrogens is 428 g/mol. The maximum Gasteiger partial charge on any atom is 0.419 e. The molecule has 1 aromatic carbocycles. The second kappa shape index (κ2) is 9.46. The Kier molecular flexibility index (Phi) is 6.85. The van der Waals surface area contributed by atoms with E-state index in [1.165, 1.54) is 12.1 Å². The van der Waals surface area contributed by atoms with Gasteiger partial charge in [-0.1, -0.05) is 12.1 Å². The lowest BCUT2D eigenvalue weighted by Gasteiger charge is -2.36. The number of hydrogen-bond donors (Lipinski definition) is 2. The third-order valence-electron chi connectivity index (χ3n) is 6.55. The van der Waals surface area contributed by atoms with E-state index in [-0.39, 0.29) is 5.56 Å². The summed E-state index contributed by atoms with van der Waals surface area (Å²) in [7, 11) is 1.67. The van der Waals surface area contributed by atoms with Crippen molar-refractivity contribution in [1.82, 2.24) is 20.0 Å². The lowest BCUT2D eigenvalue weighted by Crippen LogP contribution is -2.38. The van der Waals surface area contributed by atoms with E-state index >= 15 is 0 Å². The van der Waals surface area contributed by atoms with Gasteiger partial charge in [-0.25, -0.2) is 4.39 Å². The van der Waals surface area contributed by atoms with Gasteiger partial charge in [-0.05, 0) is 36.8 Å². The molecule has 2 aromatic rings. The van der Waals surface area contributed by atoms with Gasteiger partial charge in [0.05, 0.1) is 17.9 Å². The SMILES string of the molecule is COCCN1CCc2c(C(O)N3CCC(c4cccc(F)c4C(F)(F)F)CC3)n[nH]c2C1. The first-order valence-corrected chi connectivity index (χ1v) is 10.8. The fraction of sp³-hybridized carbons (Fsp3) is 0.591. The van der Waals surface area contributed by atoms with E-state index in [1.54, 1.807) is 7.11 Å². The molecule has 3 heterocycles. The van der Waals surface area contributed by atoms with Crippen LogP contribution in [0.2, 0.25) is 0 Å². The molecule has 0 radical (unpaired) electrons. The molecule has 2 N–H and O–H groups in total. The number of fused-ring (bicyclic) bond motifs is 1. The van der Waals surface area contributed by atoms with Crippen LogP contribution in [0, 0.1) is 5.82 Å². The number of methoxy groups -OCH3 is 1. The second-order valence-electron chi connectivity index (χ2n) is 8.47. The molecule has 0 aliphatic carbocycles. The fourth-order valence-corrected chi connectivity index (χ4v) is 4.83. The average Bonchev–Trinajstić information content (AvgIpc) is 3.19. The first-order chi connectivity index (χ1) is 15.3. The molecule has 4 rings (SSSR count). The van der Waals surface area contributed by atoms with Gasteiger partial charge in [0.15, 0.2) is 6.23 Å². The van der Waals surface area contributed by atoms with Crippen molar-refractivity contribution in [2.45, 2.75) is 44.1 Å². The zero-order valence-electron chi connectivity index (χ0n) is 18.0. The number of alkyl halides is 3. The third kappa shape index (κ3) is 4.68. The molecule has 0 saturated carbocycles. The lowest BCUT2D eigenvalue weighted by molar-refractivity contribution is -0.141. The number of ether oxygens (including phenoxy) is 1. The summed E-state index contributed by atoms with van der Waals surface area (Å²) in [6.07, 6.45) is -4.09. The van der Waals surface area contributed by atoms with Crippen molar-refractivity contribution in [2.24, 2.45) is 0 Å². The molecule has 2 aliphatic heterocycles. The highest BCUT2D eigenvalue weighted by atomic mass is 19.4. The van der Waals surface area contributed by atoms with Gasteiger partial charge >= 0.3 is 6.18 Å². The van der Waals surface area contributed by atoms with Crippen molar-refractivity contribution in [3.63, 3.8) is 0 Å². The number of likely N-dealkylation sites (tertiary alicyclic amines) is 1. The smallest absolute Gasteiger partial charge is 0.383 e. The number of piperidine rings is 1. The molecule has 1 aromatic heterocycles. The van der Waals surface area contributed by atoms with Crippen molar-refractivity contribution in [2.75, 3.05) is 39.9 Å². The summed E-state index contributed by atoms with van der Waals surface area (Å²) in [4.78, 5) is 4.08. The van der Waals surface area contributed by atoms with E-state index < -0.39 is 29.7 Å². The highest BCUT2D eigenvalue weighted by Crippen LogP contribution is 2.41. The van der Waals surface area contributed by atoms with Crippen LogP contribution in [0.3, 0.4) is 0 Å². The molecule has 1 unspecified atom stereocenters. The van der Waals surface area contributed by atoms with Crippen LogP contribution in [-0.4, -0.2) is 65.0 Å². The molecule has 1 fully saturated rings. The highest BCUT2D eigenvalue weighted by molar-refractivity contribution is 5.35. The van der Waals surface area contributed by atoms with Crippen molar-refractivity contribution >= 4 is 0 Å². The maximum atomic E-state index is 14.0. The Hall–Kier alpha value is -2.01. The van der Waals surface area contributed by atoms with E-state index in [4.69, 9.17) is 4.74 Å². The number of aliphatic hydroxyl groups is 1. The van der Waals surface area contributed by atoms with E-state index in [9.17, 15) is 22.7 Å². The molecule has 2 aliphatic rings. The zero-order chi connectivity index (χ0) is 22.9. The normalized spacial score (nSPS) is 19.8. The summed E-state index contributed by atoms with van der Waals surface area (Å²) in [6.45, 7) is 3.83. The Labute approximate surface area is 184 Å². The van der Waals surface area contributed by atoms with Crippen LogP contribution in [0.4, 0.5) is 17.6 Å². The molecular formula is C22H28F4N4O2. The third-order valence-corrected chi connectivity index (χ3v) is 6.55. The minimum Gasteiger partial charge on any atom is -0.383 e. The molecule has 32 heavy (non-hydrogen) atoms. The predicted octanol–water partition coefficient (Wildman–Crippen LogP) is 3.44. The summed E-state index contributed by atoms with van der Waals surface area (Å²) >= 11 is 0. The van der Waals surface area contributed by atoms with E-state index in [1.807, 2.05) is 4.90 Å². The summed E-state index contributed by atoms with van der Waals surface area (Å²) in [5, 5.41) is 18.3. The number of aromatic amines is 1. The van der Waals surface area contributed by atoms with E-state index in [0.29, 0.717) is 44.8 Å². The first kappa shape index (κ1) is 23.2. The van der Waals surface area contributed by atoms with Gasteiger partial charge in [0.1, 0.15) is 11.5 Å². The molecule has 0 bridgehead atoms. The number of aromatic nitrogens is 2. The van der Waals surface area contributed by atoms with Crippen molar-refractivity contribution in [1.29, 1.82) is 0 Å². The molecule has 0 amide bonds. The topological polar surface area (TPSA) is 64.6 Å². The number of hydrogen-bond acceptors (Lipinski definition) is 5. The number of halogens is 4. The lowest BCUT2D eigenvalue weighted by atomic mass is 9.86. The van der Waals surface area contributed by atoms with Crippen LogP contribution in [0.15, 0.2) is 18.2 Å². The average molecular weight is 456 g/mol. The van der Waals surface area contributed by atoms with E-state index in [0.717, 1.165) is 36.8 Å². The number of nitrogens with one attached hydrogen (secondary N) is 1. The molecule has 6 nitrogen and oxygen atoms in total. The van der Waals surface area contributed by atoms with Gasteiger partial charge < -0.3 is 9.84 Å². The minimum atomic E-state index is -4.73. The standard InChI is InChI=1S/C22H28F4N4O2/c1-32-12-11-29-8-7-16-18(13-29)27-28-20(16)21(31)30-9-5-14(6-10-30)15-3-2-4-17(23)19(15)22(24,25)26/h2-4,14,21,31H,5-13H2,1H3,(H,27,28). The summed E-state index contributed by atoms with van der Waals surface area (Å²) < 4.78 is 59.3. The summed E-state index contributed by atoms with van der Waals surface area (Å²) in [6, 6.07) is 3.54. The predicted molar refractivity (Wildman–Crippen MR) is 109 cm³/mol. The molecule has 176 valence electrons. The van der Waals surface area contributed by atoms with Crippen LogP contribution in [0.1, 0.15) is 53.1 Å². The summed E-state index contributed by atoms with van der Waals surface area (Å²) in [5.74, 6) is -1.65. The van der Waals surface area contributed by atoms with Gasteiger partial charge in [-0.2, -0.15) is 18.3 Å². The molecule has 0 spiro atoms. The monoisotopic (exact) mass is 456 g/mol. The van der Waals surface area contributed by atoms with Gasteiger partial charge in [-0.3, -0.25) is 14.9 Å². The zero-order valence-corrected chi connectivity index (χ0v) is 18.0. The van der Waals surface area contributed by atoms with Gasteiger partial charge in [-0.15, -0.1) is 0 Å². The van der Waals surface area contributed by atoms with Gasteiger partial charge in [0.2, 0.25) is 0 Å². The Morgan fingerprint density at radius 2 is 2.00 bits per heavy atom. The molecule has 10 heteroatoms. The summed E-state index contributed by atoms with van der Waals surface area (Å²) in [5.41, 5.74) is 1.41. The largest absolute Gasteiger partial charge is 0.419 e. The number of nitrogens with zero attached hydrogens (tertiary/aromatic N) is 3. The first-order valence-electron chi connectivity index (χ1n) is 10.8. The van der Waals surface area contributed by atoms with Crippen LogP contribution in [0.5, 0.6) is 0 Å². The highest BCUT2D eigenvalue weighted by Gasteiger charge is 2.39. The Balaban J connectivity index is 1.42. The van der Waals surface area contributed by atoms with Crippen LogP contribution in [0.25, 0.3) is 0 Å². The van der Waals surface area contributed by atoms with Crippen molar-refractivity contribution in [3.05, 3.63) is 52.1 Å². The number of aliphatic hydroxyl groups excluding tert-OH is 1. The van der Waals surface area contributed by atoms with Gasteiger partial charge in [0.25, 0.3) is 0 Å². The fourth-order valence-electron chi connectivity index (χ4n) is 4.83. The van der Waals surface area contributed by atoms with Gasteiger partial charge in [0, 0.05) is 45.4 Å². The minimum absolute atomic E-state index is 0.0000567. The van der Waals surface area contributed by atoms with Crippen molar-refractivity contribution in [3.8, 4) is 0 Å². The van der Waals surface area contributed by atoms with Crippen LogP contribution < -0.4 is 0 Å². The van der Waals surface area contributed by atoms with Crippen LogP contribution in [-0.2, 0) is 23.9 Å². The molecule has 1 saturated heterocycles. The molecule has 1 atom stereocenters. The number of rotatable bonds is 6. The van der Waals surface area contributed by atoms with E-state index in [2.05, 4.69) is 15.1 Å². The Bertz CT molecular complexity index is 925.